The molecule has 0 saturated carbocycles. The molecule has 0 saturated heterocycles. The number of rotatable bonds is 25. The molecule has 0 spiro atoms. The molecule has 9 rings (SSSR count). The molecule has 0 aromatic heterocycles. The predicted octanol–water partition coefficient (Wildman–Crippen LogP) is 14.4. The zero-order valence-electron chi connectivity index (χ0n) is 52.8. The summed E-state index contributed by atoms with van der Waals surface area (Å²) in [6.07, 6.45) is 12.7. The van der Waals surface area contributed by atoms with Gasteiger partial charge in [-0.1, -0.05) is 210 Å². The van der Waals surface area contributed by atoms with Gasteiger partial charge in [0.1, 0.15) is 0 Å². The van der Waals surface area contributed by atoms with E-state index in [9.17, 15) is 25.3 Å². The van der Waals surface area contributed by atoms with Crippen molar-refractivity contribution in [2.75, 3.05) is 39.6 Å². The van der Waals surface area contributed by atoms with Gasteiger partial charge in [-0.25, -0.2) is 26.3 Å². The molecule has 16 heteroatoms. The zero-order chi connectivity index (χ0) is 64.1. The summed E-state index contributed by atoms with van der Waals surface area (Å²) in [6.45, 7) is 20.0. The maximum absolute atomic E-state index is 13.9. The predicted molar refractivity (Wildman–Crippen MR) is 359 cm³/mol. The molecule has 0 fully saturated rings. The molecule has 0 heterocycles. The molecular formula is C73H88N4O9S3. The summed E-state index contributed by atoms with van der Waals surface area (Å²) >= 11 is 0. The Balaban J connectivity index is 0.000000199. The number of sulfonamides is 2. The van der Waals surface area contributed by atoms with Crippen LogP contribution >= 0.6 is 0 Å². The van der Waals surface area contributed by atoms with Crippen LogP contribution < -0.4 is 20.5 Å². The summed E-state index contributed by atoms with van der Waals surface area (Å²) in [7, 11) is -11.3. The fraction of sp³-hybridized carbons (Fsp3) is 0.315. The average molecular weight is 1260 g/mol. The topological polar surface area (TPSA) is 192 Å². The molecule has 7 aromatic rings. The summed E-state index contributed by atoms with van der Waals surface area (Å²) in [5.74, 6) is 0. The molecule has 0 radical (unpaired) electrons. The third kappa shape index (κ3) is 20.8. The van der Waals surface area contributed by atoms with Crippen molar-refractivity contribution in [3.05, 3.63) is 278 Å². The minimum Gasteiger partial charge on any atom is -0.376 e. The lowest BCUT2D eigenvalue weighted by molar-refractivity contribution is 0.118. The fourth-order valence-corrected chi connectivity index (χ4v) is 15.3. The van der Waals surface area contributed by atoms with Crippen LogP contribution in [0.1, 0.15) is 125 Å². The lowest BCUT2D eigenvalue weighted by Crippen LogP contribution is -2.40. The van der Waals surface area contributed by atoms with E-state index < -0.39 is 48.3 Å². The highest BCUT2D eigenvalue weighted by molar-refractivity contribution is 7.90. The van der Waals surface area contributed by atoms with Crippen molar-refractivity contribution in [2.45, 2.75) is 127 Å². The van der Waals surface area contributed by atoms with E-state index in [1.165, 1.54) is 22.3 Å². The first-order chi connectivity index (χ1) is 42.5. The Morgan fingerprint density at radius 3 is 1.21 bits per heavy atom. The summed E-state index contributed by atoms with van der Waals surface area (Å²) in [5.41, 5.74) is 21.4. The largest absolute Gasteiger partial charge is 0.376 e. The second kappa shape index (κ2) is 33.2. The smallest absolute Gasteiger partial charge is 0.297 e. The number of nitrogens with two attached hydrogens (primary N) is 1. The van der Waals surface area contributed by atoms with Gasteiger partial charge >= 0.3 is 0 Å². The van der Waals surface area contributed by atoms with Crippen LogP contribution in [0.25, 0.3) is 0 Å². The van der Waals surface area contributed by atoms with Gasteiger partial charge in [-0.15, -0.1) is 0 Å². The Labute approximate surface area is 530 Å². The summed E-state index contributed by atoms with van der Waals surface area (Å²) < 4.78 is 101. The number of nitrogens with one attached hydrogen (secondary N) is 3. The van der Waals surface area contributed by atoms with Crippen LogP contribution in [0.3, 0.4) is 0 Å². The van der Waals surface area contributed by atoms with Crippen LogP contribution in [-0.2, 0) is 43.8 Å². The maximum atomic E-state index is 13.9. The average Bonchev–Trinajstić information content (AvgIpc) is 1.12. The first kappa shape index (κ1) is 69.5. The fourth-order valence-electron chi connectivity index (χ4n) is 11.0. The summed E-state index contributed by atoms with van der Waals surface area (Å²) in [4.78, 5) is 0.835. The maximum Gasteiger partial charge on any atom is 0.297 e. The standard InChI is InChI=1S/C33H40N2O3S.C23H26N2O2S.C17H22O4S/c1-24-15-17-28(18-16-24)23-38-20-19-34-31(29-11-7-5-8-12-29)32(30-13-9-6-10-14-30)35-39(36,37)33-26(3)21-25(2)22-27(33)4;1-16-14-17(2)23(18(3)15-16)28(26,27)25-22(20-12-8-5-9-13-20)21(24)19-10-6-4-7-11-19;1-14-3-7-16(8-4-14)13-20-11-12-21-22(18,19)17-9-5-15(2)6-10-17/h5-15,18,21-22,31-32,34-35H,16-17,19-20,23H2,1-4H3;4-15,21-22,25H,24H2,1-3H3;3,5-6,8-10H,4,7,11-13H2,1-2H3/t31-,32-;21-,22-;/m11./s1. The van der Waals surface area contributed by atoms with Crippen molar-refractivity contribution in [3.8, 4) is 0 Å². The lowest BCUT2D eigenvalue weighted by atomic mass is 9.94. The van der Waals surface area contributed by atoms with Gasteiger partial charge in [0, 0.05) is 6.54 Å². The minimum absolute atomic E-state index is 0.0261. The van der Waals surface area contributed by atoms with Crippen molar-refractivity contribution in [1.82, 2.24) is 14.8 Å². The second-order valence-corrected chi connectivity index (χ2v) is 28.0. The number of ether oxygens (including phenoxy) is 2. The number of benzene rings is 7. The van der Waals surface area contributed by atoms with Crippen LogP contribution in [0, 0.1) is 48.5 Å². The van der Waals surface area contributed by atoms with Crippen molar-refractivity contribution in [3.63, 3.8) is 0 Å². The molecule has 0 amide bonds. The first-order valence-electron chi connectivity index (χ1n) is 30.2. The quantitative estimate of drug-likeness (QED) is 0.0242. The first-order valence-corrected chi connectivity index (χ1v) is 34.6. The van der Waals surface area contributed by atoms with Gasteiger partial charge in [0.2, 0.25) is 20.0 Å². The molecular weight excluding hydrogens is 1170 g/mol. The van der Waals surface area contributed by atoms with E-state index in [1.807, 2.05) is 194 Å². The van der Waals surface area contributed by atoms with Crippen LogP contribution in [0.5, 0.6) is 0 Å². The number of aryl methyl sites for hydroxylation is 7. The molecule has 2 aliphatic carbocycles. The molecule has 0 unspecified atom stereocenters. The zero-order valence-corrected chi connectivity index (χ0v) is 55.3. The van der Waals surface area contributed by atoms with E-state index >= 15 is 0 Å². The van der Waals surface area contributed by atoms with Crippen LogP contribution in [0.15, 0.2) is 231 Å². The molecule has 0 aliphatic heterocycles. The van der Waals surface area contributed by atoms with Gasteiger partial charge in [0.05, 0.1) is 71.9 Å². The molecule has 5 N–H and O–H groups in total. The van der Waals surface area contributed by atoms with E-state index in [2.05, 4.69) is 52.9 Å². The summed E-state index contributed by atoms with van der Waals surface area (Å²) in [6, 6.07) is 51.0. The minimum atomic E-state index is -3.83. The van der Waals surface area contributed by atoms with Crippen molar-refractivity contribution < 1.29 is 38.9 Å². The van der Waals surface area contributed by atoms with E-state index in [1.54, 1.807) is 24.3 Å². The van der Waals surface area contributed by atoms with Crippen LogP contribution in [0.4, 0.5) is 0 Å². The van der Waals surface area contributed by atoms with Crippen molar-refractivity contribution in [1.29, 1.82) is 0 Å². The van der Waals surface area contributed by atoms with Gasteiger partial charge in [0.15, 0.2) is 0 Å². The third-order valence-electron chi connectivity index (χ3n) is 15.5. The summed E-state index contributed by atoms with van der Waals surface area (Å²) in [5, 5.41) is 3.61. The molecule has 13 nitrogen and oxygen atoms in total. The highest BCUT2D eigenvalue weighted by Gasteiger charge is 2.32. The van der Waals surface area contributed by atoms with Gasteiger partial charge in [0.25, 0.3) is 10.1 Å². The molecule has 4 atom stereocenters. The monoisotopic (exact) mass is 1260 g/mol. The van der Waals surface area contributed by atoms with Crippen molar-refractivity contribution in [2.24, 2.45) is 5.73 Å². The van der Waals surface area contributed by atoms with E-state index in [0.29, 0.717) is 36.2 Å². The number of hydrogen-bond acceptors (Lipinski definition) is 11. The van der Waals surface area contributed by atoms with E-state index in [-0.39, 0.29) is 24.2 Å². The Bertz CT molecular complexity index is 3870. The number of allylic oxidation sites excluding steroid dienone is 6. The molecule has 2 aliphatic rings. The Morgan fingerprint density at radius 1 is 0.416 bits per heavy atom. The van der Waals surface area contributed by atoms with Gasteiger partial charge in [-0.05, 0) is 156 Å². The Hall–Kier alpha value is -6.93. The van der Waals surface area contributed by atoms with Crippen LogP contribution in [0.2, 0.25) is 0 Å². The van der Waals surface area contributed by atoms with E-state index in [4.69, 9.17) is 19.4 Å². The van der Waals surface area contributed by atoms with E-state index in [0.717, 1.165) is 86.9 Å². The van der Waals surface area contributed by atoms with Gasteiger partial charge < -0.3 is 20.5 Å². The highest BCUT2D eigenvalue weighted by Crippen LogP contribution is 2.34. The Kier molecular flexibility index (Phi) is 26.0. The molecule has 7 aromatic carbocycles. The third-order valence-corrected chi connectivity index (χ3v) is 20.3. The lowest BCUT2D eigenvalue weighted by Gasteiger charge is -2.30. The van der Waals surface area contributed by atoms with Gasteiger partial charge in [-0.3, -0.25) is 4.18 Å². The highest BCUT2D eigenvalue weighted by atomic mass is 32.2. The SMILES string of the molecule is CC1=CCC(COCCN[C@H](c2ccccc2)[C@H](NS(=O)(=O)c2c(C)cc(C)cc2C)c2ccccc2)=CC1.CC1=CCC(COCCOS(=O)(=O)c2ccc(C)cc2)=CC1.Cc1cc(C)c(S(=O)(=O)N[C@H](c2ccccc2)[C@H](N)c2ccccc2)c(C)c1. The molecule has 89 heavy (non-hydrogen) atoms. The normalized spacial score (nSPS) is 14.9. The number of hydrogen-bond donors (Lipinski definition) is 4. The van der Waals surface area contributed by atoms with Crippen LogP contribution in [-0.4, -0.2) is 64.8 Å². The van der Waals surface area contributed by atoms with Crippen molar-refractivity contribution >= 4 is 30.2 Å². The second-order valence-electron chi connectivity index (χ2n) is 23.1. The Morgan fingerprint density at radius 2 is 0.798 bits per heavy atom. The van der Waals surface area contributed by atoms with Gasteiger partial charge in [-0.2, -0.15) is 8.42 Å². The molecule has 472 valence electrons. The molecule has 0 bridgehead atoms.